The number of carbonyl (C=O) groups excluding carboxylic acids is 1. The average Bonchev–Trinajstić information content (AvgIpc) is 2.92. The zero-order valence-corrected chi connectivity index (χ0v) is 20.5. The molecule has 0 fully saturated rings. The van der Waals surface area contributed by atoms with Crippen molar-refractivity contribution < 1.29 is 4.79 Å². The fourth-order valence-electron chi connectivity index (χ4n) is 4.31. The summed E-state index contributed by atoms with van der Waals surface area (Å²) in [6, 6.07) is 41.7. The molecule has 0 unspecified atom stereocenters. The van der Waals surface area contributed by atoms with Gasteiger partial charge in [-0.05, 0) is 92.2 Å². The summed E-state index contributed by atoms with van der Waals surface area (Å²) in [6.07, 6.45) is 0.859. The predicted octanol–water partition coefficient (Wildman–Crippen LogP) is 9.00. The van der Waals surface area contributed by atoms with Crippen LogP contribution in [0.1, 0.15) is 21.5 Å². The van der Waals surface area contributed by atoms with E-state index in [0.717, 1.165) is 45.8 Å². The minimum absolute atomic E-state index is 0.664. The summed E-state index contributed by atoms with van der Waals surface area (Å²) >= 11 is 0. The number of hydrogen-bond donors (Lipinski definition) is 1. The van der Waals surface area contributed by atoms with Crippen LogP contribution in [-0.4, -0.2) is 6.29 Å². The Balaban J connectivity index is 1.50. The molecule has 0 aromatic heterocycles. The number of rotatable bonds is 7. The molecule has 0 bridgehead atoms. The molecule has 0 radical (unpaired) electrons. The molecule has 36 heavy (non-hydrogen) atoms. The van der Waals surface area contributed by atoms with Crippen molar-refractivity contribution in [2.24, 2.45) is 0 Å². The van der Waals surface area contributed by atoms with E-state index in [0.29, 0.717) is 5.56 Å². The molecule has 1 N–H and O–H groups in total. The topological polar surface area (TPSA) is 32.3 Å². The summed E-state index contributed by atoms with van der Waals surface area (Å²) in [7, 11) is 0. The van der Waals surface area contributed by atoms with E-state index in [1.54, 1.807) is 0 Å². The minimum Gasteiger partial charge on any atom is -0.355 e. The fraction of sp³-hybridized carbons (Fsp3) is 0.0606. The van der Waals surface area contributed by atoms with E-state index in [9.17, 15) is 4.79 Å². The lowest BCUT2D eigenvalue weighted by Gasteiger charge is -2.26. The monoisotopic (exact) mass is 468 g/mol. The van der Waals surface area contributed by atoms with Gasteiger partial charge in [0.2, 0.25) is 0 Å². The Morgan fingerprint density at radius 1 is 0.611 bits per heavy atom. The molecule has 5 rings (SSSR count). The van der Waals surface area contributed by atoms with Gasteiger partial charge in [-0.25, -0.2) is 0 Å². The molecule has 5 aromatic carbocycles. The first-order chi connectivity index (χ1) is 17.6. The maximum Gasteiger partial charge on any atom is 0.150 e. The number of carbonyl (C=O) groups is 1. The van der Waals surface area contributed by atoms with Gasteiger partial charge in [0.15, 0.2) is 0 Å². The molecule has 3 heteroatoms. The predicted molar refractivity (Wildman–Crippen MR) is 151 cm³/mol. The Hall–Kier alpha value is -4.63. The SMILES string of the molecule is Cc1ccc(N(c2ccccc2)c2ccc(-c3cc(C)ccc3Nc3ccc(C=O)cc3)cc2)cc1. The van der Waals surface area contributed by atoms with Crippen molar-refractivity contribution in [3.63, 3.8) is 0 Å². The summed E-state index contributed by atoms with van der Waals surface area (Å²) in [5.41, 5.74) is 10.7. The third kappa shape index (κ3) is 5.06. The van der Waals surface area contributed by atoms with E-state index < -0.39 is 0 Å². The highest BCUT2D eigenvalue weighted by atomic mass is 16.1. The summed E-state index contributed by atoms with van der Waals surface area (Å²) in [4.78, 5) is 13.3. The smallest absolute Gasteiger partial charge is 0.150 e. The molecule has 0 spiro atoms. The van der Waals surface area contributed by atoms with Gasteiger partial charge in [-0.3, -0.25) is 4.79 Å². The van der Waals surface area contributed by atoms with Crippen LogP contribution in [-0.2, 0) is 0 Å². The van der Waals surface area contributed by atoms with Crippen LogP contribution >= 0.6 is 0 Å². The Bertz CT molecular complexity index is 1460. The molecule has 0 heterocycles. The maximum atomic E-state index is 11.0. The molecule has 5 aromatic rings. The van der Waals surface area contributed by atoms with Crippen molar-refractivity contribution >= 4 is 34.7 Å². The molecule has 0 atom stereocenters. The summed E-state index contributed by atoms with van der Waals surface area (Å²) in [5.74, 6) is 0. The highest BCUT2D eigenvalue weighted by Gasteiger charge is 2.13. The van der Waals surface area contributed by atoms with E-state index in [1.165, 1.54) is 11.1 Å². The van der Waals surface area contributed by atoms with Crippen molar-refractivity contribution in [3.8, 4) is 11.1 Å². The van der Waals surface area contributed by atoms with Crippen LogP contribution in [0.25, 0.3) is 11.1 Å². The largest absolute Gasteiger partial charge is 0.355 e. The zero-order valence-electron chi connectivity index (χ0n) is 20.5. The molecule has 0 aliphatic heterocycles. The van der Waals surface area contributed by atoms with Crippen molar-refractivity contribution in [2.75, 3.05) is 10.2 Å². The van der Waals surface area contributed by atoms with Crippen molar-refractivity contribution in [1.82, 2.24) is 0 Å². The van der Waals surface area contributed by atoms with Crippen LogP contribution < -0.4 is 10.2 Å². The lowest BCUT2D eigenvalue weighted by molar-refractivity contribution is 0.112. The van der Waals surface area contributed by atoms with Gasteiger partial charge in [0.25, 0.3) is 0 Å². The van der Waals surface area contributed by atoms with Crippen molar-refractivity contribution in [2.45, 2.75) is 13.8 Å². The maximum absolute atomic E-state index is 11.0. The zero-order chi connectivity index (χ0) is 24.9. The second-order valence-corrected chi connectivity index (χ2v) is 8.97. The van der Waals surface area contributed by atoms with Gasteiger partial charge in [0.1, 0.15) is 6.29 Å². The van der Waals surface area contributed by atoms with Gasteiger partial charge in [-0.2, -0.15) is 0 Å². The van der Waals surface area contributed by atoms with Gasteiger partial charge in [-0.15, -0.1) is 0 Å². The van der Waals surface area contributed by atoms with Gasteiger partial charge in [-0.1, -0.05) is 59.7 Å². The number of benzene rings is 5. The van der Waals surface area contributed by atoms with E-state index in [1.807, 2.05) is 30.3 Å². The summed E-state index contributed by atoms with van der Waals surface area (Å²) in [6.45, 7) is 4.21. The summed E-state index contributed by atoms with van der Waals surface area (Å²) in [5, 5.41) is 3.52. The highest BCUT2D eigenvalue weighted by molar-refractivity contribution is 5.84. The first-order valence-electron chi connectivity index (χ1n) is 12.1. The first kappa shape index (κ1) is 23.1. The molecule has 0 saturated heterocycles. The summed E-state index contributed by atoms with van der Waals surface area (Å²) < 4.78 is 0. The average molecular weight is 469 g/mol. The first-order valence-corrected chi connectivity index (χ1v) is 12.1. The Kier molecular flexibility index (Phi) is 6.63. The Morgan fingerprint density at radius 2 is 1.19 bits per heavy atom. The number of para-hydroxylation sites is 1. The van der Waals surface area contributed by atoms with E-state index in [2.05, 4.69) is 115 Å². The number of hydrogen-bond acceptors (Lipinski definition) is 3. The Morgan fingerprint density at radius 3 is 1.83 bits per heavy atom. The lowest BCUT2D eigenvalue weighted by Crippen LogP contribution is -2.09. The van der Waals surface area contributed by atoms with Crippen LogP contribution in [0.3, 0.4) is 0 Å². The molecule has 3 nitrogen and oxygen atoms in total. The third-order valence-corrected chi connectivity index (χ3v) is 6.24. The molecule has 0 aliphatic carbocycles. The molecular formula is C33H28N2O. The van der Waals surface area contributed by atoms with Crippen LogP contribution in [0.15, 0.2) is 121 Å². The second-order valence-electron chi connectivity index (χ2n) is 8.97. The number of anilines is 5. The number of aldehydes is 1. The molecule has 0 amide bonds. The minimum atomic E-state index is 0.664. The van der Waals surface area contributed by atoms with Crippen molar-refractivity contribution in [3.05, 3.63) is 138 Å². The van der Waals surface area contributed by atoms with Gasteiger partial charge < -0.3 is 10.2 Å². The molecule has 176 valence electrons. The van der Waals surface area contributed by atoms with Crippen LogP contribution in [0.4, 0.5) is 28.4 Å². The molecule has 0 aliphatic rings. The quantitative estimate of drug-likeness (QED) is 0.242. The van der Waals surface area contributed by atoms with Gasteiger partial charge in [0, 0.05) is 39.6 Å². The number of nitrogens with zero attached hydrogens (tertiary/aromatic N) is 1. The number of nitrogens with one attached hydrogen (secondary N) is 1. The molecule has 0 saturated carbocycles. The van der Waals surface area contributed by atoms with Crippen LogP contribution in [0.5, 0.6) is 0 Å². The normalized spacial score (nSPS) is 10.6. The van der Waals surface area contributed by atoms with Crippen LogP contribution in [0.2, 0.25) is 0 Å². The standard InChI is InChI=1S/C33H28N2O/c1-24-8-17-30(18-9-24)35(29-6-4-3-5-7-29)31-19-13-27(14-20-31)32-22-25(2)10-21-33(32)34-28-15-11-26(23-36)12-16-28/h3-23,34H,1-2H3. The van der Waals surface area contributed by atoms with E-state index in [4.69, 9.17) is 0 Å². The Labute approximate surface area is 212 Å². The molecular weight excluding hydrogens is 440 g/mol. The lowest BCUT2D eigenvalue weighted by atomic mass is 10.00. The third-order valence-electron chi connectivity index (χ3n) is 6.24. The van der Waals surface area contributed by atoms with E-state index >= 15 is 0 Å². The van der Waals surface area contributed by atoms with Crippen molar-refractivity contribution in [1.29, 1.82) is 0 Å². The van der Waals surface area contributed by atoms with Gasteiger partial charge in [0.05, 0.1) is 0 Å². The number of aryl methyl sites for hydroxylation is 2. The second kappa shape index (κ2) is 10.3. The fourth-order valence-corrected chi connectivity index (χ4v) is 4.31. The van der Waals surface area contributed by atoms with Crippen LogP contribution in [0, 0.1) is 13.8 Å². The van der Waals surface area contributed by atoms with E-state index in [-0.39, 0.29) is 0 Å². The highest BCUT2D eigenvalue weighted by Crippen LogP contribution is 2.37. The van der Waals surface area contributed by atoms with Gasteiger partial charge >= 0.3 is 0 Å².